The highest BCUT2D eigenvalue weighted by atomic mass is 16.5. The number of Topliss-reactive ketones (excluding diaryl/α,β-unsaturated/α-hetero) is 1. The second-order valence-corrected chi connectivity index (χ2v) is 4.19. The summed E-state index contributed by atoms with van der Waals surface area (Å²) in [5.74, 6) is -0.206. The van der Waals surface area contributed by atoms with Gasteiger partial charge in [0.25, 0.3) is 0 Å². The van der Waals surface area contributed by atoms with Crippen molar-refractivity contribution in [3.05, 3.63) is 36.1 Å². The Morgan fingerprint density at radius 2 is 2.41 bits per heavy atom. The normalized spacial score (nSPS) is 27.6. The summed E-state index contributed by atoms with van der Waals surface area (Å²) in [7, 11) is 0. The molecule has 1 aliphatic carbocycles. The van der Waals surface area contributed by atoms with Gasteiger partial charge in [0.05, 0.1) is 24.4 Å². The Hall–Kier alpha value is -1.82. The van der Waals surface area contributed by atoms with Gasteiger partial charge in [0.15, 0.2) is 0 Å². The van der Waals surface area contributed by atoms with Crippen LogP contribution in [0.25, 0.3) is 0 Å². The van der Waals surface area contributed by atoms with E-state index in [4.69, 9.17) is 10.00 Å². The van der Waals surface area contributed by atoms with Crippen molar-refractivity contribution in [2.45, 2.75) is 20.8 Å². The van der Waals surface area contributed by atoms with Gasteiger partial charge in [-0.3, -0.25) is 4.79 Å². The van der Waals surface area contributed by atoms with E-state index in [-0.39, 0.29) is 11.7 Å². The highest BCUT2D eigenvalue weighted by Gasteiger charge is 2.38. The highest BCUT2D eigenvalue weighted by Crippen LogP contribution is 2.39. The molecule has 1 rings (SSSR count). The summed E-state index contributed by atoms with van der Waals surface area (Å²) in [5.41, 5.74) is -0.0749. The van der Waals surface area contributed by atoms with E-state index in [0.717, 1.165) is 0 Å². The maximum absolute atomic E-state index is 11.8. The molecule has 3 heteroatoms. The van der Waals surface area contributed by atoms with Crippen LogP contribution in [0.2, 0.25) is 0 Å². The zero-order valence-corrected chi connectivity index (χ0v) is 10.4. The molecule has 3 nitrogen and oxygen atoms in total. The molecule has 0 amide bonds. The lowest BCUT2D eigenvalue weighted by molar-refractivity contribution is -0.124. The van der Waals surface area contributed by atoms with Crippen LogP contribution in [0.5, 0.6) is 0 Å². The van der Waals surface area contributed by atoms with E-state index >= 15 is 0 Å². The van der Waals surface area contributed by atoms with Crippen molar-refractivity contribution < 1.29 is 9.53 Å². The van der Waals surface area contributed by atoms with Crippen LogP contribution in [-0.4, -0.2) is 12.4 Å². The summed E-state index contributed by atoms with van der Waals surface area (Å²) in [6.45, 7) is 5.85. The Balaban J connectivity index is 3.07. The predicted octanol–water partition coefficient (Wildman–Crippen LogP) is 2.77. The Kier molecular flexibility index (Phi) is 4.28. The van der Waals surface area contributed by atoms with Crippen LogP contribution in [0.15, 0.2) is 36.1 Å². The standard InChI is InChI=1S/C14H17NO2/c1-4-17-9-7-13-12(10-15)6-5-8-14(13,3)11(2)16/h5-9,13H,4H2,1-3H3/b9-7-/t13-,14-/m1/s1. The molecule has 0 spiro atoms. The van der Waals surface area contributed by atoms with E-state index < -0.39 is 5.41 Å². The predicted molar refractivity (Wildman–Crippen MR) is 65.9 cm³/mol. The summed E-state index contributed by atoms with van der Waals surface area (Å²) in [6.07, 6.45) is 8.70. The van der Waals surface area contributed by atoms with Crippen molar-refractivity contribution >= 4 is 5.78 Å². The van der Waals surface area contributed by atoms with Crippen molar-refractivity contribution in [3.8, 4) is 6.07 Å². The third-order valence-electron chi connectivity index (χ3n) is 3.12. The van der Waals surface area contributed by atoms with E-state index in [1.165, 1.54) is 0 Å². The van der Waals surface area contributed by atoms with Gasteiger partial charge in [-0.25, -0.2) is 0 Å². The zero-order valence-electron chi connectivity index (χ0n) is 10.4. The van der Waals surface area contributed by atoms with Crippen LogP contribution in [0, 0.1) is 22.7 Å². The van der Waals surface area contributed by atoms with Gasteiger partial charge in [-0.15, -0.1) is 0 Å². The zero-order chi connectivity index (χ0) is 12.9. The van der Waals surface area contributed by atoms with E-state index in [1.807, 2.05) is 19.9 Å². The molecule has 0 saturated heterocycles. The third kappa shape index (κ3) is 2.65. The number of hydrogen-bond donors (Lipinski definition) is 0. The molecule has 2 atom stereocenters. The number of carbonyl (C=O) groups is 1. The fourth-order valence-corrected chi connectivity index (χ4v) is 1.86. The quantitative estimate of drug-likeness (QED) is 0.699. The largest absolute Gasteiger partial charge is 0.502 e. The summed E-state index contributed by atoms with van der Waals surface area (Å²) in [6, 6.07) is 2.14. The van der Waals surface area contributed by atoms with Crippen LogP contribution >= 0.6 is 0 Å². The van der Waals surface area contributed by atoms with Crippen molar-refractivity contribution in [1.82, 2.24) is 0 Å². The van der Waals surface area contributed by atoms with E-state index in [2.05, 4.69) is 6.07 Å². The van der Waals surface area contributed by atoms with Crippen LogP contribution in [0.1, 0.15) is 20.8 Å². The van der Waals surface area contributed by atoms with Crippen molar-refractivity contribution in [2.75, 3.05) is 6.61 Å². The minimum atomic E-state index is -0.659. The molecule has 17 heavy (non-hydrogen) atoms. The summed E-state index contributed by atoms with van der Waals surface area (Å²) in [4.78, 5) is 11.8. The SMILES string of the molecule is CCO/C=C\[C@@H]1C(C#N)=CC=C[C@]1(C)C(C)=O. The molecule has 0 fully saturated rings. The van der Waals surface area contributed by atoms with Gasteiger partial charge in [0, 0.05) is 11.5 Å². The molecule has 0 saturated carbocycles. The molecule has 0 unspecified atom stereocenters. The third-order valence-corrected chi connectivity index (χ3v) is 3.12. The number of hydrogen-bond acceptors (Lipinski definition) is 3. The Bertz CT molecular complexity index is 426. The smallest absolute Gasteiger partial charge is 0.140 e. The van der Waals surface area contributed by atoms with Gasteiger partial charge in [-0.05, 0) is 32.9 Å². The summed E-state index contributed by atoms with van der Waals surface area (Å²) >= 11 is 0. The first kappa shape index (κ1) is 13.2. The number of allylic oxidation sites excluding steroid dienone is 5. The second-order valence-electron chi connectivity index (χ2n) is 4.19. The van der Waals surface area contributed by atoms with Crippen molar-refractivity contribution in [3.63, 3.8) is 0 Å². The number of ether oxygens (including phenoxy) is 1. The van der Waals surface area contributed by atoms with Crippen LogP contribution in [0.3, 0.4) is 0 Å². The lowest BCUT2D eigenvalue weighted by Gasteiger charge is -2.32. The molecule has 0 aliphatic heterocycles. The van der Waals surface area contributed by atoms with Gasteiger partial charge in [-0.2, -0.15) is 5.26 Å². The van der Waals surface area contributed by atoms with Gasteiger partial charge in [-0.1, -0.05) is 12.2 Å². The lowest BCUT2D eigenvalue weighted by atomic mass is 9.68. The first-order valence-electron chi connectivity index (χ1n) is 5.65. The molecule has 1 aliphatic rings. The van der Waals surface area contributed by atoms with Crippen LogP contribution < -0.4 is 0 Å². The highest BCUT2D eigenvalue weighted by molar-refractivity contribution is 5.86. The second kappa shape index (κ2) is 5.49. The molecule has 0 N–H and O–H groups in total. The summed E-state index contributed by atoms with van der Waals surface area (Å²) in [5, 5.41) is 9.09. The van der Waals surface area contributed by atoms with Crippen molar-refractivity contribution in [1.29, 1.82) is 5.26 Å². The average Bonchev–Trinajstić information content (AvgIpc) is 2.31. The Labute approximate surface area is 102 Å². The van der Waals surface area contributed by atoms with Crippen LogP contribution in [-0.2, 0) is 9.53 Å². The number of nitrogens with zero attached hydrogens (tertiary/aromatic N) is 1. The minimum Gasteiger partial charge on any atom is -0.502 e. The number of ketones is 1. The van der Waals surface area contributed by atoms with E-state index in [1.54, 1.807) is 31.4 Å². The molecular formula is C14H17NO2. The summed E-state index contributed by atoms with van der Waals surface area (Å²) < 4.78 is 5.15. The minimum absolute atomic E-state index is 0.0424. The fourth-order valence-electron chi connectivity index (χ4n) is 1.86. The Morgan fingerprint density at radius 3 is 2.94 bits per heavy atom. The van der Waals surface area contributed by atoms with Gasteiger partial charge < -0.3 is 4.74 Å². The molecular weight excluding hydrogens is 214 g/mol. The number of rotatable bonds is 4. The first-order valence-corrected chi connectivity index (χ1v) is 5.65. The average molecular weight is 231 g/mol. The molecule has 0 radical (unpaired) electrons. The molecule has 0 aromatic carbocycles. The Morgan fingerprint density at radius 1 is 1.71 bits per heavy atom. The molecule has 0 bridgehead atoms. The monoisotopic (exact) mass is 231 g/mol. The van der Waals surface area contributed by atoms with Gasteiger partial charge in [0.1, 0.15) is 5.78 Å². The topological polar surface area (TPSA) is 50.1 Å². The lowest BCUT2D eigenvalue weighted by Crippen LogP contribution is -2.34. The van der Waals surface area contributed by atoms with Crippen molar-refractivity contribution in [2.24, 2.45) is 11.3 Å². The van der Waals surface area contributed by atoms with E-state index in [0.29, 0.717) is 12.2 Å². The maximum Gasteiger partial charge on any atom is 0.140 e. The maximum atomic E-state index is 11.8. The molecule has 0 aromatic heterocycles. The molecule has 0 aromatic rings. The number of nitriles is 1. The number of carbonyl (C=O) groups excluding carboxylic acids is 1. The van der Waals surface area contributed by atoms with Gasteiger partial charge in [0.2, 0.25) is 0 Å². The fraction of sp³-hybridized carbons (Fsp3) is 0.429. The molecule has 0 heterocycles. The first-order chi connectivity index (χ1) is 8.06. The van der Waals surface area contributed by atoms with Gasteiger partial charge >= 0.3 is 0 Å². The molecule has 90 valence electrons. The van der Waals surface area contributed by atoms with E-state index in [9.17, 15) is 4.79 Å². The van der Waals surface area contributed by atoms with Crippen LogP contribution in [0.4, 0.5) is 0 Å².